The largest absolute Gasteiger partial charge is 0.485 e. The van der Waals surface area contributed by atoms with Crippen LogP contribution in [0.1, 0.15) is 37.5 Å². The number of nitrogens with zero attached hydrogens (tertiary/aromatic N) is 1. The van der Waals surface area contributed by atoms with Gasteiger partial charge in [-0.1, -0.05) is 60.7 Å². The third kappa shape index (κ3) is 6.73. The van der Waals surface area contributed by atoms with Gasteiger partial charge in [0.25, 0.3) is 0 Å². The van der Waals surface area contributed by atoms with E-state index in [9.17, 15) is 4.79 Å². The maximum atomic E-state index is 13.4. The van der Waals surface area contributed by atoms with E-state index in [4.69, 9.17) is 23.7 Å². The summed E-state index contributed by atoms with van der Waals surface area (Å²) in [5.74, 6) is 0.993. The van der Waals surface area contributed by atoms with Crippen molar-refractivity contribution in [3.8, 4) is 11.5 Å². The number of methoxy groups -OCH3 is 2. The van der Waals surface area contributed by atoms with Crippen molar-refractivity contribution in [3.05, 3.63) is 95.7 Å². The zero-order valence-corrected chi connectivity index (χ0v) is 22.6. The monoisotopic (exact) mass is 517 g/mol. The second-order valence-electron chi connectivity index (χ2n) is 9.95. The Bertz CT molecular complexity index is 1340. The molecule has 7 heteroatoms. The SMILES string of the molecule is COC(Cc1cn(C(=O)OC(C)(C)C)c2c(OCc3ccccc3)c(OCc3ccccc3)ccc12)OC. The van der Waals surface area contributed by atoms with Crippen LogP contribution in [0.3, 0.4) is 0 Å². The van der Waals surface area contributed by atoms with E-state index >= 15 is 0 Å². The quantitative estimate of drug-likeness (QED) is 0.217. The number of fused-ring (bicyclic) bond motifs is 1. The molecular weight excluding hydrogens is 482 g/mol. The van der Waals surface area contributed by atoms with Crippen LogP contribution >= 0.6 is 0 Å². The first-order valence-corrected chi connectivity index (χ1v) is 12.6. The molecule has 0 amide bonds. The number of rotatable bonds is 10. The van der Waals surface area contributed by atoms with Crippen molar-refractivity contribution in [2.75, 3.05) is 14.2 Å². The molecule has 7 nitrogen and oxygen atoms in total. The number of ether oxygens (including phenoxy) is 5. The van der Waals surface area contributed by atoms with Gasteiger partial charge in [-0.2, -0.15) is 0 Å². The Morgan fingerprint density at radius 3 is 1.95 bits per heavy atom. The van der Waals surface area contributed by atoms with Crippen LogP contribution in [-0.2, 0) is 33.8 Å². The van der Waals surface area contributed by atoms with Crippen LogP contribution in [0.15, 0.2) is 79.0 Å². The van der Waals surface area contributed by atoms with Crippen molar-refractivity contribution in [2.24, 2.45) is 0 Å². The first-order chi connectivity index (χ1) is 18.3. The fraction of sp³-hybridized carbons (Fsp3) is 0.323. The fourth-order valence-electron chi connectivity index (χ4n) is 4.12. The molecule has 0 N–H and O–H groups in total. The summed E-state index contributed by atoms with van der Waals surface area (Å²) < 4.78 is 30.8. The van der Waals surface area contributed by atoms with Gasteiger partial charge < -0.3 is 23.7 Å². The molecule has 0 unspecified atom stereocenters. The van der Waals surface area contributed by atoms with Gasteiger partial charge >= 0.3 is 6.09 Å². The van der Waals surface area contributed by atoms with E-state index < -0.39 is 18.0 Å². The highest BCUT2D eigenvalue weighted by Gasteiger charge is 2.26. The van der Waals surface area contributed by atoms with Crippen LogP contribution in [0.25, 0.3) is 10.9 Å². The van der Waals surface area contributed by atoms with Gasteiger partial charge in [0.2, 0.25) is 0 Å². The van der Waals surface area contributed by atoms with Crippen LogP contribution in [0.4, 0.5) is 4.79 Å². The summed E-state index contributed by atoms with van der Waals surface area (Å²) in [5, 5.41) is 0.824. The third-order valence-corrected chi connectivity index (χ3v) is 5.93. The third-order valence-electron chi connectivity index (χ3n) is 5.93. The van der Waals surface area contributed by atoms with E-state index in [1.807, 2.05) is 93.6 Å². The Balaban J connectivity index is 1.83. The predicted molar refractivity (Wildman–Crippen MR) is 147 cm³/mol. The van der Waals surface area contributed by atoms with Gasteiger partial charge in [-0.25, -0.2) is 9.36 Å². The number of aromatic nitrogens is 1. The summed E-state index contributed by atoms with van der Waals surface area (Å²) >= 11 is 0. The summed E-state index contributed by atoms with van der Waals surface area (Å²) in [4.78, 5) is 13.4. The maximum Gasteiger partial charge on any atom is 0.419 e. The van der Waals surface area contributed by atoms with Gasteiger partial charge in [0.1, 0.15) is 24.3 Å². The Kier molecular flexibility index (Phi) is 8.71. The van der Waals surface area contributed by atoms with Crippen molar-refractivity contribution in [1.29, 1.82) is 0 Å². The number of hydrogen-bond donors (Lipinski definition) is 0. The molecule has 3 aromatic carbocycles. The predicted octanol–water partition coefficient (Wildman–Crippen LogP) is 6.74. The van der Waals surface area contributed by atoms with Crippen molar-refractivity contribution in [1.82, 2.24) is 4.57 Å². The average molecular weight is 518 g/mol. The molecule has 0 aliphatic carbocycles. The summed E-state index contributed by atoms with van der Waals surface area (Å²) in [6, 6.07) is 23.6. The van der Waals surface area contributed by atoms with Crippen LogP contribution in [0.2, 0.25) is 0 Å². The van der Waals surface area contributed by atoms with Crippen LogP contribution in [0, 0.1) is 0 Å². The number of carbonyl (C=O) groups excluding carboxylic acids is 1. The lowest BCUT2D eigenvalue weighted by Gasteiger charge is -2.21. The fourth-order valence-corrected chi connectivity index (χ4v) is 4.12. The van der Waals surface area contributed by atoms with Gasteiger partial charge in [-0.3, -0.25) is 0 Å². The van der Waals surface area contributed by atoms with E-state index in [-0.39, 0.29) is 0 Å². The Labute approximate surface area is 223 Å². The number of benzene rings is 3. The summed E-state index contributed by atoms with van der Waals surface area (Å²) in [6.45, 7) is 6.17. The lowest BCUT2D eigenvalue weighted by atomic mass is 10.1. The molecule has 0 aliphatic heterocycles. The van der Waals surface area contributed by atoms with Crippen molar-refractivity contribution in [3.63, 3.8) is 0 Å². The normalized spacial score (nSPS) is 11.6. The van der Waals surface area contributed by atoms with Crippen LogP contribution in [-0.4, -0.2) is 36.8 Å². The van der Waals surface area contributed by atoms with Gasteiger partial charge in [0, 0.05) is 32.2 Å². The van der Waals surface area contributed by atoms with Crippen LogP contribution in [0.5, 0.6) is 11.5 Å². The Morgan fingerprint density at radius 2 is 1.39 bits per heavy atom. The molecule has 38 heavy (non-hydrogen) atoms. The van der Waals surface area contributed by atoms with Gasteiger partial charge in [0.05, 0.1) is 0 Å². The van der Waals surface area contributed by atoms with E-state index in [1.165, 1.54) is 4.57 Å². The molecular formula is C31H35NO6. The highest BCUT2D eigenvalue weighted by Crippen LogP contribution is 2.40. The molecule has 4 aromatic rings. The topological polar surface area (TPSA) is 68.2 Å². The van der Waals surface area contributed by atoms with Gasteiger partial charge in [-0.15, -0.1) is 0 Å². The summed E-state index contributed by atoms with van der Waals surface area (Å²) in [6.07, 6.45) is 1.21. The highest BCUT2D eigenvalue weighted by molar-refractivity contribution is 5.97. The number of carbonyl (C=O) groups is 1. The average Bonchev–Trinajstić information content (AvgIpc) is 3.28. The Hall–Kier alpha value is -3.81. The highest BCUT2D eigenvalue weighted by atomic mass is 16.7. The van der Waals surface area contributed by atoms with E-state index in [0.717, 1.165) is 22.1 Å². The minimum Gasteiger partial charge on any atom is -0.485 e. The standard InChI is InChI=1S/C31H35NO6/c1-31(2,3)38-30(33)32-19-24(18-27(34-4)35-5)25-16-17-26(36-20-22-12-8-6-9-13-22)29(28(25)32)37-21-23-14-10-7-11-15-23/h6-17,19,27H,18,20-21H2,1-5H3. The zero-order chi connectivity index (χ0) is 27.1. The molecule has 1 aromatic heterocycles. The second-order valence-corrected chi connectivity index (χ2v) is 9.95. The zero-order valence-electron chi connectivity index (χ0n) is 22.6. The van der Waals surface area contributed by atoms with Crippen LogP contribution < -0.4 is 9.47 Å². The molecule has 0 saturated heterocycles. The van der Waals surface area contributed by atoms with Crippen molar-refractivity contribution >= 4 is 17.0 Å². The van der Waals surface area contributed by atoms with Gasteiger partial charge in [-0.05, 0) is 49.6 Å². The van der Waals surface area contributed by atoms with Gasteiger partial charge in [0.15, 0.2) is 17.8 Å². The summed E-state index contributed by atoms with van der Waals surface area (Å²) in [7, 11) is 3.18. The molecule has 4 rings (SSSR count). The molecule has 0 saturated carbocycles. The molecule has 200 valence electrons. The van der Waals surface area contributed by atoms with E-state index in [0.29, 0.717) is 36.7 Å². The maximum absolute atomic E-state index is 13.4. The smallest absolute Gasteiger partial charge is 0.419 e. The summed E-state index contributed by atoms with van der Waals surface area (Å²) in [5.41, 5.74) is 2.77. The molecule has 0 bridgehead atoms. The molecule has 0 aliphatic rings. The number of hydrogen-bond acceptors (Lipinski definition) is 6. The molecule has 0 spiro atoms. The molecule has 1 heterocycles. The minimum atomic E-state index is -0.679. The van der Waals surface area contributed by atoms with Crippen molar-refractivity contribution in [2.45, 2.75) is 52.3 Å². The van der Waals surface area contributed by atoms with Crippen molar-refractivity contribution < 1.29 is 28.5 Å². The first-order valence-electron chi connectivity index (χ1n) is 12.6. The lowest BCUT2D eigenvalue weighted by Crippen LogP contribution is -2.27. The molecule has 0 fully saturated rings. The van der Waals surface area contributed by atoms with E-state index in [1.54, 1.807) is 20.4 Å². The lowest BCUT2D eigenvalue weighted by molar-refractivity contribution is -0.100. The first kappa shape index (κ1) is 27.2. The molecule has 0 radical (unpaired) electrons. The Morgan fingerprint density at radius 1 is 0.816 bits per heavy atom. The minimum absolute atomic E-state index is 0.301. The second kappa shape index (κ2) is 12.2. The molecule has 0 atom stereocenters. The van der Waals surface area contributed by atoms with E-state index in [2.05, 4.69) is 0 Å².